The van der Waals surface area contributed by atoms with E-state index in [2.05, 4.69) is 32.5 Å². The lowest BCUT2D eigenvalue weighted by molar-refractivity contribution is -0.129. The van der Waals surface area contributed by atoms with Gasteiger partial charge < -0.3 is 20.9 Å². The van der Waals surface area contributed by atoms with Crippen LogP contribution in [0.2, 0.25) is 5.02 Å². The minimum atomic E-state index is -0.317. The third-order valence-corrected chi connectivity index (χ3v) is 4.84. The number of aromatic nitrogens is 2. The van der Waals surface area contributed by atoms with Gasteiger partial charge in [0, 0.05) is 26.1 Å². The van der Waals surface area contributed by atoms with Crippen molar-refractivity contribution in [2.45, 2.75) is 25.8 Å². The Morgan fingerprint density at radius 1 is 1.31 bits per heavy atom. The molecule has 2 amide bonds. The second-order valence-corrected chi connectivity index (χ2v) is 7.11. The Morgan fingerprint density at radius 3 is 2.79 bits per heavy atom. The van der Waals surface area contributed by atoms with Gasteiger partial charge in [-0.15, -0.1) is 0 Å². The molecule has 0 aliphatic carbocycles. The van der Waals surface area contributed by atoms with Crippen LogP contribution in [-0.2, 0) is 9.59 Å². The summed E-state index contributed by atoms with van der Waals surface area (Å²) < 4.78 is 0. The number of para-hydroxylation sites is 2. The van der Waals surface area contributed by atoms with Crippen molar-refractivity contribution in [3.8, 4) is 0 Å². The number of amides is 2. The largest absolute Gasteiger partial charge is 0.350 e. The van der Waals surface area contributed by atoms with Gasteiger partial charge in [-0.25, -0.2) is 4.98 Å². The molecular weight excluding hydrogens is 392 g/mol. The number of nitrogens with one attached hydrogen (secondary N) is 3. The minimum absolute atomic E-state index is 0.0639. The summed E-state index contributed by atoms with van der Waals surface area (Å²) in [5.74, 6) is 0.570. The summed E-state index contributed by atoms with van der Waals surface area (Å²) >= 11 is 6.27. The topological polar surface area (TPSA) is 99.2 Å². The van der Waals surface area contributed by atoms with E-state index >= 15 is 0 Å². The highest BCUT2D eigenvalue weighted by Gasteiger charge is 2.22. The molecule has 0 radical (unpaired) electrons. The molecule has 1 aliphatic rings. The maximum atomic E-state index is 11.7. The minimum Gasteiger partial charge on any atom is -0.350 e. The Labute approximate surface area is 174 Å². The van der Waals surface area contributed by atoms with E-state index in [1.54, 1.807) is 19.1 Å². The number of anilines is 4. The highest BCUT2D eigenvalue weighted by molar-refractivity contribution is 6.33. The van der Waals surface area contributed by atoms with Crippen LogP contribution in [0.1, 0.15) is 19.8 Å². The maximum Gasteiger partial charge on any atom is 0.247 e. The summed E-state index contributed by atoms with van der Waals surface area (Å²) in [6.45, 7) is 6.42. The molecule has 1 atom stereocenters. The number of nitrogens with zero attached hydrogens (tertiary/aromatic N) is 3. The van der Waals surface area contributed by atoms with Gasteiger partial charge in [0.15, 0.2) is 5.82 Å². The van der Waals surface area contributed by atoms with E-state index in [1.165, 1.54) is 12.3 Å². The zero-order valence-corrected chi connectivity index (χ0v) is 16.9. The molecule has 0 spiro atoms. The summed E-state index contributed by atoms with van der Waals surface area (Å²) in [4.78, 5) is 33.8. The molecule has 152 valence electrons. The third kappa shape index (κ3) is 5.45. The number of benzene rings is 1. The smallest absolute Gasteiger partial charge is 0.247 e. The number of halogens is 1. The van der Waals surface area contributed by atoms with Crippen molar-refractivity contribution in [3.05, 3.63) is 48.1 Å². The van der Waals surface area contributed by atoms with Gasteiger partial charge in [0.25, 0.3) is 0 Å². The fourth-order valence-corrected chi connectivity index (χ4v) is 3.24. The third-order valence-electron chi connectivity index (χ3n) is 4.57. The predicted molar refractivity (Wildman–Crippen MR) is 114 cm³/mol. The van der Waals surface area contributed by atoms with Crippen LogP contribution < -0.4 is 16.0 Å². The van der Waals surface area contributed by atoms with Gasteiger partial charge in [-0.05, 0) is 31.1 Å². The van der Waals surface area contributed by atoms with Crippen molar-refractivity contribution in [2.24, 2.45) is 0 Å². The van der Waals surface area contributed by atoms with E-state index in [4.69, 9.17) is 11.6 Å². The number of carbonyl (C=O) groups excluding carboxylic acids is 2. The van der Waals surface area contributed by atoms with E-state index in [9.17, 15) is 9.59 Å². The number of hydrogen-bond donors (Lipinski definition) is 3. The second kappa shape index (κ2) is 9.38. The number of piperidine rings is 1. The van der Waals surface area contributed by atoms with E-state index in [-0.39, 0.29) is 17.9 Å². The van der Waals surface area contributed by atoms with Gasteiger partial charge in [-0.2, -0.15) is 4.98 Å². The first-order valence-corrected chi connectivity index (χ1v) is 9.68. The molecule has 1 fully saturated rings. The maximum absolute atomic E-state index is 11.7. The zero-order valence-electron chi connectivity index (χ0n) is 16.1. The number of likely N-dealkylation sites (tertiary alicyclic amines) is 1. The summed E-state index contributed by atoms with van der Waals surface area (Å²) in [7, 11) is 0. The molecule has 8 nitrogen and oxygen atoms in total. The van der Waals surface area contributed by atoms with Crippen molar-refractivity contribution in [2.75, 3.05) is 29.0 Å². The fraction of sp³-hybridized carbons (Fsp3) is 0.300. The zero-order chi connectivity index (χ0) is 20.8. The molecule has 1 aromatic heterocycles. The second-order valence-electron chi connectivity index (χ2n) is 6.70. The Kier molecular flexibility index (Phi) is 6.66. The fourth-order valence-electron chi connectivity index (χ4n) is 3.10. The van der Waals surface area contributed by atoms with Gasteiger partial charge in [0.2, 0.25) is 17.8 Å². The lowest BCUT2D eigenvalue weighted by Gasteiger charge is -2.32. The van der Waals surface area contributed by atoms with Crippen LogP contribution in [0.4, 0.5) is 23.1 Å². The number of hydrogen-bond acceptors (Lipinski definition) is 6. The van der Waals surface area contributed by atoms with E-state index in [1.807, 2.05) is 17.0 Å². The molecule has 2 heterocycles. The van der Waals surface area contributed by atoms with Crippen LogP contribution in [0.15, 0.2) is 43.1 Å². The van der Waals surface area contributed by atoms with Crippen LogP contribution >= 0.6 is 11.6 Å². The first kappa shape index (κ1) is 20.6. The SMILES string of the molecule is C=CC(=O)Nc1ccccc1Nc1nc(N[C@H]2CCCN(C(C)=O)C2)ncc1Cl. The molecule has 0 saturated carbocycles. The lowest BCUT2D eigenvalue weighted by Crippen LogP contribution is -2.44. The molecule has 29 heavy (non-hydrogen) atoms. The van der Waals surface area contributed by atoms with Crippen molar-refractivity contribution in [1.29, 1.82) is 0 Å². The summed E-state index contributed by atoms with van der Waals surface area (Å²) in [6.07, 6.45) is 4.56. The first-order valence-electron chi connectivity index (χ1n) is 9.30. The number of carbonyl (C=O) groups is 2. The molecular formula is C20H23ClN6O2. The molecule has 1 aromatic carbocycles. The standard InChI is InChI=1S/C20H23ClN6O2/c1-3-18(29)24-16-8-4-5-9-17(16)25-19-15(21)11-22-20(26-19)23-14-7-6-10-27(12-14)13(2)28/h3-5,8-9,11,14H,1,6-7,10,12H2,2H3,(H,24,29)(H2,22,23,25,26)/t14-/m0/s1. The highest BCUT2D eigenvalue weighted by Crippen LogP contribution is 2.29. The molecule has 3 rings (SSSR count). The van der Waals surface area contributed by atoms with Crippen LogP contribution in [0.3, 0.4) is 0 Å². The Hall–Kier alpha value is -3.13. The van der Waals surface area contributed by atoms with Gasteiger partial charge in [-0.1, -0.05) is 30.3 Å². The molecule has 9 heteroatoms. The van der Waals surface area contributed by atoms with Crippen molar-refractivity contribution >= 4 is 46.6 Å². The molecule has 1 aliphatic heterocycles. The average molecular weight is 415 g/mol. The Balaban J connectivity index is 1.76. The number of rotatable bonds is 6. The van der Waals surface area contributed by atoms with E-state index in [0.717, 1.165) is 19.4 Å². The van der Waals surface area contributed by atoms with Crippen LogP contribution in [-0.4, -0.2) is 45.8 Å². The molecule has 1 saturated heterocycles. The molecule has 2 aromatic rings. The van der Waals surface area contributed by atoms with Crippen LogP contribution in [0.5, 0.6) is 0 Å². The summed E-state index contributed by atoms with van der Waals surface area (Å²) in [6, 6.07) is 7.27. The molecule has 0 bridgehead atoms. The van der Waals surface area contributed by atoms with Crippen molar-refractivity contribution in [3.63, 3.8) is 0 Å². The Morgan fingerprint density at radius 2 is 2.07 bits per heavy atom. The van der Waals surface area contributed by atoms with Crippen LogP contribution in [0.25, 0.3) is 0 Å². The highest BCUT2D eigenvalue weighted by atomic mass is 35.5. The predicted octanol–water partition coefficient (Wildman–Crippen LogP) is 3.42. The van der Waals surface area contributed by atoms with Gasteiger partial charge in [0.05, 0.1) is 17.6 Å². The van der Waals surface area contributed by atoms with Gasteiger partial charge in [-0.3, -0.25) is 9.59 Å². The molecule has 0 unspecified atom stereocenters. The van der Waals surface area contributed by atoms with Crippen LogP contribution in [0, 0.1) is 0 Å². The summed E-state index contributed by atoms with van der Waals surface area (Å²) in [5, 5.41) is 9.49. The quantitative estimate of drug-likeness (QED) is 0.626. The lowest BCUT2D eigenvalue weighted by atomic mass is 10.1. The van der Waals surface area contributed by atoms with Crippen molar-refractivity contribution in [1.82, 2.24) is 14.9 Å². The first-order chi connectivity index (χ1) is 14.0. The van der Waals surface area contributed by atoms with E-state index < -0.39 is 0 Å². The normalized spacial score (nSPS) is 16.1. The molecule has 3 N–H and O–H groups in total. The Bertz CT molecular complexity index is 920. The summed E-state index contributed by atoms with van der Waals surface area (Å²) in [5.41, 5.74) is 1.21. The van der Waals surface area contributed by atoms with Crippen molar-refractivity contribution < 1.29 is 9.59 Å². The van der Waals surface area contributed by atoms with Gasteiger partial charge in [0.1, 0.15) is 5.02 Å². The van der Waals surface area contributed by atoms with Gasteiger partial charge >= 0.3 is 0 Å². The van der Waals surface area contributed by atoms with E-state index in [0.29, 0.717) is 34.7 Å². The average Bonchev–Trinajstić information content (AvgIpc) is 2.72. The monoisotopic (exact) mass is 414 g/mol.